The second-order valence-electron chi connectivity index (χ2n) is 8.28. The van der Waals surface area contributed by atoms with Crippen molar-refractivity contribution in [2.75, 3.05) is 25.3 Å². The lowest BCUT2D eigenvalue weighted by molar-refractivity contribution is -0.685. The average molecular weight is 569 g/mol. The van der Waals surface area contributed by atoms with Gasteiger partial charge in [-0.05, 0) is 37.4 Å². The molecular formula is C27H26N3O3S4+. The van der Waals surface area contributed by atoms with Gasteiger partial charge in [-0.2, -0.15) is 4.57 Å². The van der Waals surface area contributed by atoms with Gasteiger partial charge >= 0.3 is 5.97 Å². The SMILES string of the molecule is CCn1c(=O)/c(=C2\Sc3cc(SC)ccc3N2C)s/c1=C\c1scc[n+]1Cc1ccccc1C(=O)OC. The predicted molar refractivity (Wildman–Crippen MR) is 154 cm³/mol. The summed E-state index contributed by atoms with van der Waals surface area (Å²) in [6, 6.07) is 13.9. The zero-order valence-electron chi connectivity index (χ0n) is 20.9. The van der Waals surface area contributed by atoms with E-state index >= 15 is 0 Å². The molecule has 0 N–H and O–H groups in total. The van der Waals surface area contributed by atoms with Crippen molar-refractivity contribution in [3.8, 4) is 0 Å². The molecule has 1 aliphatic rings. The fourth-order valence-corrected chi connectivity index (χ4v) is 8.12. The maximum atomic E-state index is 13.5. The molecule has 3 heterocycles. The third-order valence-corrected chi connectivity index (χ3v) is 10.2. The molecule has 0 fully saturated rings. The monoisotopic (exact) mass is 568 g/mol. The van der Waals surface area contributed by atoms with Crippen LogP contribution >= 0.6 is 46.2 Å². The summed E-state index contributed by atoms with van der Waals surface area (Å²) < 4.78 is 10.6. The van der Waals surface area contributed by atoms with Crippen molar-refractivity contribution in [3.63, 3.8) is 0 Å². The zero-order valence-corrected chi connectivity index (χ0v) is 24.2. The number of fused-ring (bicyclic) bond motifs is 1. The van der Waals surface area contributed by atoms with Crippen LogP contribution in [0.25, 0.3) is 11.1 Å². The summed E-state index contributed by atoms with van der Waals surface area (Å²) in [5.41, 5.74) is 2.60. The van der Waals surface area contributed by atoms with Gasteiger partial charge in [0.1, 0.15) is 14.2 Å². The smallest absolute Gasteiger partial charge is 0.338 e. The van der Waals surface area contributed by atoms with Crippen molar-refractivity contribution in [2.45, 2.75) is 29.8 Å². The highest BCUT2D eigenvalue weighted by Gasteiger charge is 2.25. The Bertz CT molecular complexity index is 1670. The van der Waals surface area contributed by atoms with Crippen LogP contribution in [-0.4, -0.2) is 30.9 Å². The Morgan fingerprint density at radius 3 is 2.78 bits per heavy atom. The van der Waals surface area contributed by atoms with Gasteiger partial charge in [0.2, 0.25) is 0 Å². The van der Waals surface area contributed by atoms with E-state index < -0.39 is 0 Å². The molecule has 37 heavy (non-hydrogen) atoms. The summed E-state index contributed by atoms with van der Waals surface area (Å²) in [7, 11) is 3.42. The van der Waals surface area contributed by atoms with Crippen LogP contribution in [0.1, 0.15) is 27.9 Å². The summed E-state index contributed by atoms with van der Waals surface area (Å²) in [5, 5.41) is 3.99. The van der Waals surface area contributed by atoms with Gasteiger partial charge in [-0.1, -0.05) is 41.3 Å². The lowest BCUT2D eigenvalue weighted by Crippen LogP contribution is -2.36. The average Bonchev–Trinajstić information content (AvgIpc) is 3.59. The van der Waals surface area contributed by atoms with Crippen LogP contribution in [0.4, 0.5) is 5.69 Å². The van der Waals surface area contributed by atoms with Gasteiger partial charge in [0.25, 0.3) is 10.6 Å². The van der Waals surface area contributed by atoms with Crippen molar-refractivity contribution < 1.29 is 14.1 Å². The number of rotatable bonds is 6. The Balaban J connectivity index is 1.57. The van der Waals surface area contributed by atoms with Gasteiger partial charge in [-0.25, -0.2) is 4.79 Å². The third-order valence-electron chi connectivity index (χ3n) is 6.19. The summed E-state index contributed by atoms with van der Waals surface area (Å²) >= 11 is 6.51. The van der Waals surface area contributed by atoms with Crippen LogP contribution in [-0.2, 0) is 17.8 Å². The van der Waals surface area contributed by atoms with E-state index in [0.717, 1.165) is 30.5 Å². The van der Waals surface area contributed by atoms with Crippen LogP contribution in [0.15, 0.2) is 68.6 Å². The van der Waals surface area contributed by atoms with Gasteiger partial charge in [0.15, 0.2) is 12.7 Å². The molecule has 0 bridgehead atoms. The minimum atomic E-state index is -0.347. The molecule has 5 rings (SSSR count). The number of carbonyl (C=O) groups is 1. The lowest BCUT2D eigenvalue weighted by Gasteiger charge is -2.12. The zero-order chi connectivity index (χ0) is 26.1. The third kappa shape index (κ3) is 4.90. The predicted octanol–water partition coefficient (Wildman–Crippen LogP) is 3.97. The van der Waals surface area contributed by atoms with Crippen LogP contribution in [0.2, 0.25) is 0 Å². The number of hydrogen-bond acceptors (Lipinski definition) is 8. The number of benzene rings is 2. The van der Waals surface area contributed by atoms with Gasteiger partial charge < -0.3 is 9.64 Å². The molecule has 0 spiro atoms. The van der Waals surface area contributed by atoms with Crippen molar-refractivity contribution in [1.82, 2.24) is 4.57 Å². The normalized spacial score (nSPS) is 14.8. The molecule has 0 saturated heterocycles. The van der Waals surface area contributed by atoms with Crippen molar-refractivity contribution in [1.29, 1.82) is 0 Å². The topological polar surface area (TPSA) is 55.4 Å². The van der Waals surface area contributed by atoms with Crippen molar-refractivity contribution in [3.05, 3.63) is 89.7 Å². The fraction of sp³-hybridized carbons (Fsp3) is 0.222. The van der Waals surface area contributed by atoms with Crippen LogP contribution in [0.3, 0.4) is 0 Å². The maximum absolute atomic E-state index is 13.5. The highest BCUT2D eigenvalue weighted by molar-refractivity contribution is 8.08. The summed E-state index contributed by atoms with van der Waals surface area (Å²) in [6.45, 7) is 3.11. The molecule has 6 nitrogen and oxygen atoms in total. The molecule has 0 atom stereocenters. The van der Waals surface area contributed by atoms with E-state index in [9.17, 15) is 9.59 Å². The summed E-state index contributed by atoms with van der Waals surface area (Å²) in [6.07, 6.45) is 6.15. The Morgan fingerprint density at radius 2 is 2.03 bits per heavy atom. The number of anilines is 1. The molecule has 0 saturated carbocycles. The second kappa shape index (κ2) is 10.9. The summed E-state index contributed by atoms with van der Waals surface area (Å²) in [4.78, 5) is 30.3. The number of nitrogens with zero attached hydrogens (tertiary/aromatic N) is 3. The van der Waals surface area contributed by atoms with Gasteiger partial charge in [-0.15, -0.1) is 23.1 Å². The number of hydrogen-bond donors (Lipinski definition) is 0. The van der Waals surface area contributed by atoms with Crippen LogP contribution in [0.5, 0.6) is 0 Å². The molecular weight excluding hydrogens is 543 g/mol. The van der Waals surface area contributed by atoms with Gasteiger partial charge in [-0.3, -0.25) is 9.36 Å². The van der Waals surface area contributed by atoms with Gasteiger partial charge in [0, 0.05) is 28.9 Å². The maximum Gasteiger partial charge on any atom is 0.338 e. The van der Waals surface area contributed by atoms with E-state index in [-0.39, 0.29) is 11.5 Å². The Morgan fingerprint density at radius 1 is 1.22 bits per heavy atom. The van der Waals surface area contributed by atoms with E-state index in [1.165, 1.54) is 28.2 Å². The Hall–Kier alpha value is -2.79. The van der Waals surface area contributed by atoms with Crippen molar-refractivity contribution >= 4 is 69.0 Å². The van der Waals surface area contributed by atoms with E-state index in [0.29, 0.717) is 18.7 Å². The van der Waals surface area contributed by atoms with E-state index in [2.05, 4.69) is 40.0 Å². The molecule has 10 heteroatoms. The fourth-order valence-electron chi connectivity index (χ4n) is 4.25. The van der Waals surface area contributed by atoms with E-state index in [4.69, 9.17) is 4.74 Å². The van der Waals surface area contributed by atoms with Crippen LogP contribution < -0.4 is 24.2 Å². The number of aromatic nitrogens is 2. The standard InChI is InChI=1S/C27H26N3O3S4/c1-5-30-23(15-22-29(12-13-35-22)16-17-8-6-7-9-19(17)27(32)33-3)37-24(25(30)31)26-28(2)20-11-10-18(34-4)14-21(20)36-26/h6-15H,5,16H2,1-4H3/q+1/b26-24+. The molecule has 2 aromatic carbocycles. The minimum Gasteiger partial charge on any atom is -0.465 e. The second-order valence-corrected chi connectivity index (χ2v) is 12.1. The van der Waals surface area contributed by atoms with Gasteiger partial charge in [0.05, 0.1) is 29.8 Å². The first-order chi connectivity index (χ1) is 17.9. The molecule has 0 unspecified atom stereocenters. The lowest BCUT2D eigenvalue weighted by atomic mass is 10.1. The number of carbonyl (C=O) groups excluding carboxylic acids is 1. The molecule has 2 aromatic heterocycles. The molecule has 1 aliphatic heterocycles. The quantitative estimate of drug-likeness (QED) is 0.199. The molecule has 0 aliphatic carbocycles. The number of thioether (sulfide) groups is 2. The summed E-state index contributed by atoms with van der Waals surface area (Å²) in [5.74, 6) is -0.347. The first kappa shape index (κ1) is 25.8. The molecule has 4 aromatic rings. The van der Waals surface area contributed by atoms with E-state index in [1.807, 2.05) is 48.3 Å². The highest BCUT2D eigenvalue weighted by atomic mass is 32.2. The molecule has 190 valence electrons. The number of ether oxygens (including phenoxy) is 1. The van der Waals surface area contributed by atoms with E-state index in [1.54, 1.807) is 40.9 Å². The highest BCUT2D eigenvalue weighted by Crippen LogP contribution is 2.46. The molecule has 0 amide bonds. The van der Waals surface area contributed by atoms with Crippen LogP contribution in [0, 0.1) is 0 Å². The van der Waals surface area contributed by atoms with Crippen molar-refractivity contribution in [2.24, 2.45) is 0 Å². The minimum absolute atomic E-state index is 0.0325. The first-order valence-electron chi connectivity index (χ1n) is 11.6. The molecule has 0 radical (unpaired) electrons. The largest absolute Gasteiger partial charge is 0.465 e. The number of thiazole rings is 2. The Labute approximate surface area is 231 Å². The number of methoxy groups -OCH3 is 1. The first-order valence-corrected chi connectivity index (χ1v) is 15.4. The number of esters is 1. The Kier molecular flexibility index (Phi) is 7.62.